The van der Waals surface area contributed by atoms with Gasteiger partial charge in [0.05, 0.1) is 14.2 Å². The van der Waals surface area contributed by atoms with Crippen LogP contribution in [0, 0.1) is 5.92 Å². The molecule has 1 unspecified atom stereocenters. The van der Waals surface area contributed by atoms with Gasteiger partial charge in [-0.25, -0.2) is 0 Å². The van der Waals surface area contributed by atoms with Gasteiger partial charge < -0.3 is 19.7 Å². The third kappa shape index (κ3) is 3.87. The number of hydrogen-bond donors (Lipinski definition) is 1. The Balaban J connectivity index is 1.87. The average Bonchev–Trinajstić information content (AvgIpc) is 2.47. The van der Waals surface area contributed by atoms with Gasteiger partial charge in [-0.2, -0.15) is 0 Å². The second-order valence-corrected chi connectivity index (χ2v) is 5.55. The number of methoxy groups -OCH3 is 2. The summed E-state index contributed by atoms with van der Waals surface area (Å²) in [5, 5.41) is 3.56. The predicted octanol–water partition coefficient (Wildman–Crippen LogP) is 2.14. The third-order valence-corrected chi connectivity index (χ3v) is 3.96. The van der Waals surface area contributed by atoms with Crippen LogP contribution in [0.25, 0.3) is 0 Å². The monoisotopic (exact) mass is 278 g/mol. The lowest BCUT2D eigenvalue weighted by molar-refractivity contribution is 0.206. The van der Waals surface area contributed by atoms with Crippen molar-refractivity contribution in [2.24, 2.45) is 5.92 Å². The number of ether oxygens (including phenoxy) is 2. The second-order valence-electron chi connectivity index (χ2n) is 5.55. The van der Waals surface area contributed by atoms with Crippen molar-refractivity contribution in [1.29, 1.82) is 0 Å². The Morgan fingerprint density at radius 1 is 1.30 bits per heavy atom. The van der Waals surface area contributed by atoms with Crippen LogP contribution in [0.2, 0.25) is 0 Å². The van der Waals surface area contributed by atoms with Crippen LogP contribution in [0.1, 0.15) is 18.4 Å². The second kappa shape index (κ2) is 7.50. The Bertz CT molecular complexity index is 423. The highest BCUT2D eigenvalue weighted by atomic mass is 16.5. The molecule has 112 valence electrons. The molecule has 1 fully saturated rings. The molecular formula is C16H26N2O2. The molecule has 0 aromatic heterocycles. The van der Waals surface area contributed by atoms with Crippen molar-refractivity contribution >= 4 is 0 Å². The Kier molecular flexibility index (Phi) is 5.68. The number of benzene rings is 1. The molecule has 1 saturated heterocycles. The number of piperidine rings is 1. The van der Waals surface area contributed by atoms with Gasteiger partial charge in [0.1, 0.15) is 0 Å². The van der Waals surface area contributed by atoms with E-state index < -0.39 is 0 Å². The van der Waals surface area contributed by atoms with Crippen molar-refractivity contribution in [3.63, 3.8) is 0 Å². The molecule has 1 aliphatic rings. The van der Waals surface area contributed by atoms with Crippen molar-refractivity contribution in [2.75, 3.05) is 40.9 Å². The molecule has 1 aromatic carbocycles. The first-order valence-corrected chi connectivity index (χ1v) is 7.33. The van der Waals surface area contributed by atoms with Crippen LogP contribution in [0.3, 0.4) is 0 Å². The zero-order valence-corrected chi connectivity index (χ0v) is 12.8. The van der Waals surface area contributed by atoms with E-state index in [1.807, 2.05) is 12.1 Å². The first kappa shape index (κ1) is 15.1. The molecule has 20 heavy (non-hydrogen) atoms. The lowest BCUT2D eigenvalue weighted by Crippen LogP contribution is -2.37. The number of nitrogens with one attached hydrogen (secondary N) is 1. The number of nitrogens with zero attached hydrogens (tertiary/aromatic N) is 1. The Morgan fingerprint density at radius 3 is 2.85 bits per heavy atom. The SMILES string of the molecule is COc1cccc(CNCC2CCCN(C)C2)c1OC. The smallest absolute Gasteiger partial charge is 0.165 e. The summed E-state index contributed by atoms with van der Waals surface area (Å²) in [6.07, 6.45) is 2.64. The maximum Gasteiger partial charge on any atom is 0.165 e. The fourth-order valence-electron chi connectivity index (χ4n) is 2.94. The Morgan fingerprint density at radius 2 is 2.15 bits per heavy atom. The number of para-hydroxylation sites is 1. The zero-order chi connectivity index (χ0) is 14.4. The van der Waals surface area contributed by atoms with Gasteiger partial charge in [0.25, 0.3) is 0 Å². The molecule has 0 aliphatic carbocycles. The van der Waals surface area contributed by atoms with E-state index in [0.29, 0.717) is 0 Å². The van der Waals surface area contributed by atoms with E-state index >= 15 is 0 Å². The Labute approximate surface area is 122 Å². The molecule has 0 saturated carbocycles. The summed E-state index contributed by atoms with van der Waals surface area (Å²) in [7, 11) is 5.57. The molecule has 4 nitrogen and oxygen atoms in total. The van der Waals surface area contributed by atoms with Gasteiger partial charge in [-0.15, -0.1) is 0 Å². The van der Waals surface area contributed by atoms with Gasteiger partial charge in [0.15, 0.2) is 11.5 Å². The van der Waals surface area contributed by atoms with Gasteiger partial charge in [-0.05, 0) is 45.0 Å². The van der Waals surface area contributed by atoms with Gasteiger partial charge >= 0.3 is 0 Å². The zero-order valence-electron chi connectivity index (χ0n) is 12.8. The summed E-state index contributed by atoms with van der Waals surface area (Å²) >= 11 is 0. The van der Waals surface area contributed by atoms with Crippen molar-refractivity contribution in [3.8, 4) is 11.5 Å². The summed E-state index contributed by atoms with van der Waals surface area (Å²) in [6.45, 7) is 4.31. The molecule has 1 heterocycles. The minimum atomic E-state index is 0.755. The van der Waals surface area contributed by atoms with Crippen LogP contribution in [0.5, 0.6) is 11.5 Å². The van der Waals surface area contributed by atoms with E-state index in [-0.39, 0.29) is 0 Å². The number of likely N-dealkylation sites (tertiary alicyclic amines) is 1. The fraction of sp³-hybridized carbons (Fsp3) is 0.625. The van der Waals surface area contributed by atoms with E-state index in [4.69, 9.17) is 9.47 Å². The molecule has 1 aliphatic heterocycles. The van der Waals surface area contributed by atoms with E-state index in [9.17, 15) is 0 Å². The molecule has 0 amide bonds. The third-order valence-electron chi connectivity index (χ3n) is 3.96. The molecule has 1 aromatic rings. The van der Waals surface area contributed by atoms with E-state index in [2.05, 4.69) is 23.3 Å². The molecule has 0 radical (unpaired) electrons. The van der Waals surface area contributed by atoms with Crippen LogP contribution in [0.15, 0.2) is 18.2 Å². The standard InChI is InChI=1S/C16H26N2O2/c1-18-9-5-6-13(12-18)10-17-11-14-7-4-8-15(19-2)16(14)20-3/h4,7-8,13,17H,5-6,9-12H2,1-3H3. The van der Waals surface area contributed by atoms with Crippen molar-refractivity contribution < 1.29 is 9.47 Å². The van der Waals surface area contributed by atoms with Crippen molar-refractivity contribution in [2.45, 2.75) is 19.4 Å². The highest BCUT2D eigenvalue weighted by Crippen LogP contribution is 2.30. The molecular weight excluding hydrogens is 252 g/mol. The predicted molar refractivity (Wildman–Crippen MR) is 81.5 cm³/mol. The van der Waals surface area contributed by atoms with Crippen LogP contribution in [0.4, 0.5) is 0 Å². The lowest BCUT2D eigenvalue weighted by Gasteiger charge is -2.29. The topological polar surface area (TPSA) is 33.7 Å². The first-order chi connectivity index (χ1) is 9.74. The minimum absolute atomic E-state index is 0.755. The molecule has 1 N–H and O–H groups in total. The fourth-order valence-corrected chi connectivity index (χ4v) is 2.94. The quantitative estimate of drug-likeness (QED) is 0.864. The summed E-state index contributed by atoms with van der Waals surface area (Å²) in [4.78, 5) is 2.42. The van der Waals surface area contributed by atoms with E-state index in [1.54, 1.807) is 14.2 Å². The van der Waals surface area contributed by atoms with Gasteiger partial charge in [0, 0.05) is 18.7 Å². The average molecular weight is 278 g/mol. The summed E-state index contributed by atoms with van der Waals surface area (Å²) in [5.41, 5.74) is 1.15. The van der Waals surface area contributed by atoms with E-state index in [0.717, 1.165) is 36.1 Å². The maximum atomic E-state index is 5.45. The first-order valence-electron chi connectivity index (χ1n) is 7.33. The summed E-state index contributed by atoms with van der Waals surface area (Å²) in [6, 6.07) is 6.02. The minimum Gasteiger partial charge on any atom is -0.493 e. The van der Waals surface area contributed by atoms with Crippen LogP contribution >= 0.6 is 0 Å². The number of hydrogen-bond acceptors (Lipinski definition) is 4. The van der Waals surface area contributed by atoms with Crippen LogP contribution < -0.4 is 14.8 Å². The molecule has 1 atom stereocenters. The van der Waals surface area contributed by atoms with Crippen LogP contribution in [-0.2, 0) is 6.54 Å². The molecule has 4 heteroatoms. The summed E-state index contributed by atoms with van der Waals surface area (Å²) in [5.74, 6) is 2.39. The molecule has 0 spiro atoms. The largest absolute Gasteiger partial charge is 0.493 e. The highest BCUT2D eigenvalue weighted by Gasteiger charge is 2.17. The summed E-state index contributed by atoms with van der Waals surface area (Å²) < 4.78 is 10.8. The highest BCUT2D eigenvalue weighted by molar-refractivity contribution is 5.46. The maximum absolute atomic E-state index is 5.45. The van der Waals surface area contributed by atoms with Gasteiger partial charge in [0.2, 0.25) is 0 Å². The normalized spacial score (nSPS) is 19.9. The molecule has 0 bridgehead atoms. The van der Waals surface area contributed by atoms with Crippen molar-refractivity contribution in [1.82, 2.24) is 10.2 Å². The van der Waals surface area contributed by atoms with Gasteiger partial charge in [-0.1, -0.05) is 12.1 Å². The van der Waals surface area contributed by atoms with Gasteiger partial charge in [-0.3, -0.25) is 0 Å². The van der Waals surface area contributed by atoms with Crippen molar-refractivity contribution in [3.05, 3.63) is 23.8 Å². The van der Waals surface area contributed by atoms with E-state index in [1.165, 1.54) is 25.9 Å². The van der Waals surface area contributed by atoms with Crippen LogP contribution in [-0.4, -0.2) is 45.8 Å². The molecule has 2 rings (SSSR count). The number of rotatable bonds is 6. The lowest BCUT2D eigenvalue weighted by atomic mass is 9.98. The Hall–Kier alpha value is -1.26.